The number of carbonyl (C=O) groups is 1. The van der Waals surface area contributed by atoms with Crippen LogP contribution in [0.4, 0.5) is 0 Å². The maximum Gasteiger partial charge on any atom is 0.320 e. The van der Waals surface area contributed by atoms with E-state index in [-0.39, 0.29) is 12.5 Å². The van der Waals surface area contributed by atoms with E-state index in [2.05, 4.69) is 0 Å². The fourth-order valence-electron chi connectivity index (χ4n) is 1.36. The number of carboxylic acid groups (broad SMARTS) is 1. The molecule has 0 bridgehead atoms. The van der Waals surface area contributed by atoms with Crippen LogP contribution in [0.2, 0.25) is 0 Å². The zero-order chi connectivity index (χ0) is 12.1. The molecule has 0 saturated carbocycles. The Labute approximate surface area is 94.0 Å². The Balaban J connectivity index is 2.65. The van der Waals surface area contributed by atoms with E-state index in [1.165, 1.54) is 0 Å². The van der Waals surface area contributed by atoms with Crippen molar-refractivity contribution in [3.05, 3.63) is 29.8 Å². The Kier molecular flexibility index (Phi) is 4.28. The minimum atomic E-state index is -1.04. The van der Waals surface area contributed by atoms with Crippen LogP contribution in [0, 0.1) is 0 Å². The summed E-state index contributed by atoms with van der Waals surface area (Å²) in [6.07, 6.45) is 0.210. The third-order valence-corrected chi connectivity index (χ3v) is 2.37. The van der Waals surface area contributed by atoms with E-state index < -0.39 is 12.0 Å². The molecule has 0 radical (unpaired) electrons. The zero-order valence-corrected chi connectivity index (χ0v) is 9.09. The Hall–Kier alpha value is -1.59. The Morgan fingerprint density at radius 2 is 1.94 bits per heavy atom. The Morgan fingerprint density at radius 1 is 1.38 bits per heavy atom. The highest BCUT2D eigenvalue weighted by atomic mass is 16.5. The molecule has 0 aliphatic rings. The molecule has 88 valence electrons. The standard InChI is InChI=1S/C11H16N2O3/c1-16-8-4-2-7(3-5-8)9(12)6-10(13)11(14)15/h2-5,9-10H,6,12-13H2,1H3,(H,14,15)/t9-,10-/m1/s1. The first kappa shape index (κ1) is 12.5. The quantitative estimate of drug-likeness (QED) is 0.676. The van der Waals surface area contributed by atoms with E-state index in [4.69, 9.17) is 21.3 Å². The van der Waals surface area contributed by atoms with E-state index in [0.29, 0.717) is 0 Å². The number of methoxy groups -OCH3 is 1. The number of nitrogens with two attached hydrogens (primary N) is 2. The second-order valence-electron chi connectivity index (χ2n) is 3.56. The number of benzene rings is 1. The summed E-state index contributed by atoms with van der Waals surface area (Å²) >= 11 is 0. The van der Waals surface area contributed by atoms with Gasteiger partial charge in [-0.3, -0.25) is 4.79 Å². The molecule has 2 atom stereocenters. The van der Waals surface area contributed by atoms with Crippen LogP contribution in [0.15, 0.2) is 24.3 Å². The van der Waals surface area contributed by atoms with Crippen molar-refractivity contribution >= 4 is 5.97 Å². The summed E-state index contributed by atoms with van der Waals surface area (Å²) in [6.45, 7) is 0. The van der Waals surface area contributed by atoms with Crippen molar-refractivity contribution in [2.24, 2.45) is 11.5 Å². The summed E-state index contributed by atoms with van der Waals surface area (Å²) in [5.41, 5.74) is 12.1. The highest BCUT2D eigenvalue weighted by molar-refractivity contribution is 5.73. The normalized spacial score (nSPS) is 14.2. The van der Waals surface area contributed by atoms with Crippen LogP contribution >= 0.6 is 0 Å². The first-order valence-electron chi connectivity index (χ1n) is 4.92. The molecule has 0 aromatic heterocycles. The predicted molar refractivity (Wildman–Crippen MR) is 60.2 cm³/mol. The van der Waals surface area contributed by atoms with Gasteiger partial charge in [0.1, 0.15) is 11.8 Å². The molecular weight excluding hydrogens is 208 g/mol. The van der Waals surface area contributed by atoms with Gasteiger partial charge in [0.15, 0.2) is 0 Å². The van der Waals surface area contributed by atoms with Crippen LogP contribution in [0.5, 0.6) is 5.75 Å². The molecule has 0 unspecified atom stereocenters. The van der Waals surface area contributed by atoms with Gasteiger partial charge in [0.05, 0.1) is 7.11 Å². The summed E-state index contributed by atoms with van der Waals surface area (Å²) in [7, 11) is 1.58. The van der Waals surface area contributed by atoms with Crippen LogP contribution in [0.25, 0.3) is 0 Å². The van der Waals surface area contributed by atoms with E-state index in [0.717, 1.165) is 11.3 Å². The topological polar surface area (TPSA) is 98.6 Å². The van der Waals surface area contributed by atoms with Crippen molar-refractivity contribution in [1.29, 1.82) is 0 Å². The summed E-state index contributed by atoms with van der Waals surface area (Å²) < 4.78 is 5.01. The van der Waals surface area contributed by atoms with E-state index >= 15 is 0 Å². The average molecular weight is 224 g/mol. The van der Waals surface area contributed by atoms with Gasteiger partial charge in [0.25, 0.3) is 0 Å². The molecule has 5 heteroatoms. The van der Waals surface area contributed by atoms with E-state index in [9.17, 15) is 4.79 Å². The molecule has 1 aromatic carbocycles. The highest BCUT2D eigenvalue weighted by Crippen LogP contribution is 2.18. The van der Waals surface area contributed by atoms with Crippen molar-refractivity contribution in [3.8, 4) is 5.75 Å². The van der Waals surface area contributed by atoms with Crippen LogP contribution in [-0.2, 0) is 4.79 Å². The number of ether oxygens (including phenoxy) is 1. The maximum absolute atomic E-state index is 10.6. The van der Waals surface area contributed by atoms with Gasteiger partial charge in [-0.25, -0.2) is 0 Å². The molecule has 0 fully saturated rings. The van der Waals surface area contributed by atoms with Gasteiger partial charge >= 0.3 is 5.97 Å². The number of hydrogen-bond acceptors (Lipinski definition) is 4. The molecule has 5 N–H and O–H groups in total. The van der Waals surface area contributed by atoms with Crippen LogP contribution in [0.1, 0.15) is 18.0 Å². The first-order chi connectivity index (χ1) is 7.54. The second-order valence-corrected chi connectivity index (χ2v) is 3.56. The van der Waals surface area contributed by atoms with Crippen molar-refractivity contribution in [1.82, 2.24) is 0 Å². The maximum atomic E-state index is 10.6. The first-order valence-corrected chi connectivity index (χ1v) is 4.92. The van der Waals surface area contributed by atoms with Gasteiger partial charge in [-0.2, -0.15) is 0 Å². The van der Waals surface area contributed by atoms with Crippen LogP contribution in [-0.4, -0.2) is 24.2 Å². The summed E-state index contributed by atoms with van der Waals surface area (Å²) in [5.74, 6) is -0.303. The van der Waals surface area contributed by atoms with Gasteiger partial charge in [0, 0.05) is 6.04 Å². The molecule has 16 heavy (non-hydrogen) atoms. The molecule has 0 saturated heterocycles. The molecule has 5 nitrogen and oxygen atoms in total. The fourth-order valence-corrected chi connectivity index (χ4v) is 1.36. The van der Waals surface area contributed by atoms with Crippen LogP contribution in [0.3, 0.4) is 0 Å². The number of rotatable bonds is 5. The Morgan fingerprint density at radius 3 is 2.38 bits per heavy atom. The minimum Gasteiger partial charge on any atom is -0.497 e. The summed E-state index contributed by atoms with van der Waals surface area (Å²) in [4.78, 5) is 10.6. The molecule has 0 aliphatic carbocycles. The molecule has 0 aliphatic heterocycles. The lowest BCUT2D eigenvalue weighted by Gasteiger charge is -2.14. The molecular formula is C11H16N2O3. The fraction of sp³-hybridized carbons (Fsp3) is 0.364. The van der Waals surface area contributed by atoms with Crippen molar-refractivity contribution < 1.29 is 14.6 Å². The SMILES string of the molecule is COc1ccc([C@H](N)C[C@@H](N)C(=O)O)cc1. The van der Waals surface area contributed by atoms with E-state index in [1.807, 2.05) is 0 Å². The lowest BCUT2D eigenvalue weighted by atomic mass is 10.0. The second kappa shape index (κ2) is 5.48. The van der Waals surface area contributed by atoms with Crippen molar-refractivity contribution in [2.75, 3.05) is 7.11 Å². The third kappa shape index (κ3) is 3.22. The molecule has 0 spiro atoms. The minimum absolute atomic E-state index is 0.210. The van der Waals surface area contributed by atoms with Crippen molar-refractivity contribution in [2.45, 2.75) is 18.5 Å². The van der Waals surface area contributed by atoms with Gasteiger partial charge in [0.2, 0.25) is 0 Å². The smallest absolute Gasteiger partial charge is 0.320 e. The van der Waals surface area contributed by atoms with Gasteiger partial charge in [-0.05, 0) is 24.1 Å². The monoisotopic (exact) mass is 224 g/mol. The lowest BCUT2D eigenvalue weighted by Crippen LogP contribution is -2.33. The number of carboxylic acids is 1. The summed E-state index contributed by atoms with van der Waals surface area (Å²) in [5, 5.41) is 8.66. The zero-order valence-electron chi connectivity index (χ0n) is 9.09. The summed E-state index contributed by atoms with van der Waals surface area (Å²) in [6, 6.07) is 5.85. The van der Waals surface area contributed by atoms with Gasteiger partial charge in [-0.15, -0.1) is 0 Å². The average Bonchev–Trinajstić information content (AvgIpc) is 2.28. The molecule has 1 aromatic rings. The van der Waals surface area contributed by atoms with Gasteiger partial charge in [-0.1, -0.05) is 12.1 Å². The number of hydrogen-bond donors (Lipinski definition) is 3. The van der Waals surface area contributed by atoms with Crippen molar-refractivity contribution in [3.63, 3.8) is 0 Å². The van der Waals surface area contributed by atoms with E-state index in [1.54, 1.807) is 31.4 Å². The predicted octanol–water partition coefficient (Wildman–Crippen LogP) is 0.497. The highest BCUT2D eigenvalue weighted by Gasteiger charge is 2.16. The van der Waals surface area contributed by atoms with Gasteiger partial charge < -0.3 is 21.3 Å². The Bertz CT molecular complexity index is 351. The lowest BCUT2D eigenvalue weighted by molar-refractivity contribution is -0.138. The molecule has 1 rings (SSSR count). The molecule has 0 amide bonds. The molecule has 0 heterocycles. The largest absolute Gasteiger partial charge is 0.497 e. The van der Waals surface area contributed by atoms with Crippen LogP contribution < -0.4 is 16.2 Å². The number of aliphatic carboxylic acids is 1. The third-order valence-electron chi connectivity index (χ3n) is 2.37.